The number of aliphatic carboxylic acids is 1. The molecule has 3 N–H and O–H groups in total. The van der Waals surface area contributed by atoms with Crippen LogP contribution in [0.4, 0.5) is 0 Å². The summed E-state index contributed by atoms with van der Waals surface area (Å²) in [6.07, 6.45) is 0.0894. The van der Waals surface area contributed by atoms with Crippen LogP contribution in [0.3, 0.4) is 0 Å². The number of sulfonamides is 1. The summed E-state index contributed by atoms with van der Waals surface area (Å²) in [6.45, 7) is 0. The molecule has 0 aliphatic heterocycles. The number of nitrogens with zero attached hydrogens (tertiary/aromatic N) is 1. The molecule has 0 amide bonds. The van der Waals surface area contributed by atoms with Gasteiger partial charge in [-0.3, -0.25) is 4.79 Å². The molecular weight excluding hydrogens is 256 g/mol. The van der Waals surface area contributed by atoms with Crippen LogP contribution in [0.1, 0.15) is 5.56 Å². The molecule has 1 atom stereocenters. The van der Waals surface area contributed by atoms with Gasteiger partial charge in [0, 0.05) is 14.1 Å². The Morgan fingerprint density at radius 3 is 2.56 bits per heavy atom. The average Bonchev–Trinajstić information content (AvgIpc) is 2.28. The van der Waals surface area contributed by atoms with E-state index in [1.54, 1.807) is 12.1 Å². The van der Waals surface area contributed by atoms with Gasteiger partial charge in [-0.05, 0) is 24.1 Å². The molecule has 1 rings (SSSR count). The number of rotatable bonds is 5. The molecule has 0 heterocycles. The molecule has 0 saturated heterocycles. The first-order chi connectivity index (χ1) is 8.25. The fourth-order valence-electron chi connectivity index (χ4n) is 1.38. The Kier molecular flexibility index (Phi) is 4.44. The van der Waals surface area contributed by atoms with Gasteiger partial charge in [0.2, 0.25) is 10.0 Å². The van der Waals surface area contributed by atoms with Gasteiger partial charge in [0.25, 0.3) is 0 Å². The first-order valence-electron chi connectivity index (χ1n) is 5.25. The van der Waals surface area contributed by atoms with Crippen molar-refractivity contribution in [1.29, 1.82) is 0 Å². The van der Waals surface area contributed by atoms with E-state index in [9.17, 15) is 13.2 Å². The third-order valence-electron chi connectivity index (χ3n) is 2.45. The maximum atomic E-state index is 11.9. The van der Waals surface area contributed by atoms with Gasteiger partial charge in [0.1, 0.15) is 6.04 Å². The highest BCUT2D eigenvalue weighted by Crippen LogP contribution is 2.15. The average molecular weight is 272 g/mol. The van der Waals surface area contributed by atoms with Crippen molar-refractivity contribution in [1.82, 2.24) is 4.31 Å². The molecule has 0 radical (unpaired) electrons. The van der Waals surface area contributed by atoms with E-state index in [4.69, 9.17) is 10.8 Å². The normalized spacial score (nSPS) is 13.6. The van der Waals surface area contributed by atoms with Crippen molar-refractivity contribution in [2.45, 2.75) is 17.4 Å². The minimum atomic E-state index is -3.51. The molecule has 6 nitrogen and oxygen atoms in total. The maximum Gasteiger partial charge on any atom is 0.320 e. The Labute approximate surface area is 106 Å². The lowest BCUT2D eigenvalue weighted by atomic mass is 10.1. The Bertz CT molecular complexity index is 540. The number of hydrogen-bond acceptors (Lipinski definition) is 4. The van der Waals surface area contributed by atoms with Crippen LogP contribution >= 0.6 is 0 Å². The van der Waals surface area contributed by atoms with Crippen molar-refractivity contribution in [2.75, 3.05) is 14.1 Å². The van der Waals surface area contributed by atoms with Crippen molar-refractivity contribution in [3.63, 3.8) is 0 Å². The smallest absolute Gasteiger partial charge is 0.320 e. The molecular formula is C11H16N2O4S. The predicted octanol–water partition coefficient (Wildman–Crippen LogP) is -0.109. The van der Waals surface area contributed by atoms with Crippen molar-refractivity contribution in [2.24, 2.45) is 5.73 Å². The summed E-state index contributed by atoms with van der Waals surface area (Å²) in [4.78, 5) is 10.8. The van der Waals surface area contributed by atoms with Gasteiger partial charge >= 0.3 is 5.97 Å². The molecule has 0 aliphatic rings. The third kappa shape index (κ3) is 3.28. The number of nitrogens with two attached hydrogens (primary N) is 1. The highest BCUT2D eigenvalue weighted by Gasteiger charge is 2.18. The van der Waals surface area contributed by atoms with Crippen LogP contribution in [0, 0.1) is 0 Å². The fourth-order valence-corrected chi connectivity index (χ4v) is 2.36. The van der Waals surface area contributed by atoms with E-state index in [2.05, 4.69) is 0 Å². The van der Waals surface area contributed by atoms with E-state index in [1.807, 2.05) is 0 Å². The van der Waals surface area contributed by atoms with Crippen LogP contribution in [0.25, 0.3) is 0 Å². The van der Waals surface area contributed by atoms with Crippen LogP contribution in [0.15, 0.2) is 29.2 Å². The SMILES string of the molecule is CN(C)S(=O)(=O)c1cccc(C[C@H](N)C(=O)O)c1. The third-order valence-corrected chi connectivity index (χ3v) is 4.26. The summed E-state index contributed by atoms with van der Waals surface area (Å²) in [5.74, 6) is -1.11. The first-order valence-corrected chi connectivity index (χ1v) is 6.69. The second kappa shape index (κ2) is 5.47. The highest BCUT2D eigenvalue weighted by atomic mass is 32.2. The molecule has 0 spiro atoms. The lowest BCUT2D eigenvalue weighted by molar-refractivity contribution is -0.138. The summed E-state index contributed by atoms with van der Waals surface area (Å²) in [5, 5.41) is 8.71. The number of hydrogen-bond donors (Lipinski definition) is 2. The van der Waals surface area contributed by atoms with Crippen LogP contribution in [-0.2, 0) is 21.2 Å². The maximum absolute atomic E-state index is 11.9. The lowest BCUT2D eigenvalue weighted by Gasteiger charge is -2.13. The van der Waals surface area contributed by atoms with Crippen molar-refractivity contribution >= 4 is 16.0 Å². The molecule has 0 bridgehead atoms. The Morgan fingerprint density at radius 2 is 2.06 bits per heavy atom. The van der Waals surface area contributed by atoms with E-state index in [0.29, 0.717) is 5.56 Å². The molecule has 1 aromatic rings. The van der Waals surface area contributed by atoms with Crippen molar-refractivity contribution < 1.29 is 18.3 Å². The molecule has 0 fully saturated rings. The minimum absolute atomic E-state index is 0.0894. The molecule has 0 saturated carbocycles. The van der Waals surface area contributed by atoms with Gasteiger partial charge in [-0.1, -0.05) is 12.1 Å². The number of carboxylic acids is 1. The van der Waals surface area contributed by atoms with Crippen LogP contribution in [0.5, 0.6) is 0 Å². The van der Waals surface area contributed by atoms with E-state index in [1.165, 1.54) is 26.2 Å². The highest BCUT2D eigenvalue weighted by molar-refractivity contribution is 7.89. The first kappa shape index (κ1) is 14.6. The molecule has 18 heavy (non-hydrogen) atoms. The summed E-state index contributed by atoms with van der Waals surface area (Å²) in [6, 6.07) is 5.09. The number of carbonyl (C=O) groups is 1. The van der Waals surface area contributed by atoms with Gasteiger partial charge < -0.3 is 10.8 Å². The summed E-state index contributed by atoms with van der Waals surface area (Å²) < 4.78 is 24.9. The summed E-state index contributed by atoms with van der Waals surface area (Å²) in [7, 11) is -0.639. The van der Waals surface area contributed by atoms with Crippen molar-refractivity contribution in [3.05, 3.63) is 29.8 Å². The fraction of sp³-hybridized carbons (Fsp3) is 0.364. The van der Waals surface area contributed by atoms with E-state index in [-0.39, 0.29) is 11.3 Å². The zero-order valence-corrected chi connectivity index (χ0v) is 11.0. The van der Waals surface area contributed by atoms with Crippen LogP contribution < -0.4 is 5.73 Å². The summed E-state index contributed by atoms with van der Waals surface area (Å²) >= 11 is 0. The second-order valence-electron chi connectivity index (χ2n) is 4.08. The molecule has 7 heteroatoms. The van der Waals surface area contributed by atoms with Gasteiger partial charge in [0.15, 0.2) is 0 Å². The van der Waals surface area contributed by atoms with Gasteiger partial charge in [0.05, 0.1) is 4.90 Å². The molecule has 0 aromatic heterocycles. The van der Waals surface area contributed by atoms with Crippen LogP contribution in [0.2, 0.25) is 0 Å². The van der Waals surface area contributed by atoms with E-state index < -0.39 is 22.0 Å². The van der Waals surface area contributed by atoms with Crippen molar-refractivity contribution in [3.8, 4) is 0 Å². The second-order valence-corrected chi connectivity index (χ2v) is 6.24. The zero-order chi connectivity index (χ0) is 13.9. The number of benzene rings is 1. The van der Waals surface area contributed by atoms with E-state index >= 15 is 0 Å². The quantitative estimate of drug-likeness (QED) is 0.779. The topological polar surface area (TPSA) is 101 Å². The Morgan fingerprint density at radius 1 is 1.44 bits per heavy atom. The Balaban J connectivity index is 3.04. The summed E-state index contributed by atoms with van der Waals surface area (Å²) in [5.41, 5.74) is 5.98. The van der Waals surface area contributed by atoms with Gasteiger partial charge in [-0.2, -0.15) is 0 Å². The number of carboxylic acid groups (broad SMARTS) is 1. The monoisotopic (exact) mass is 272 g/mol. The standard InChI is InChI=1S/C11H16N2O4S/c1-13(2)18(16,17)9-5-3-4-8(6-9)7-10(12)11(14)15/h3-6,10H,7,12H2,1-2H3,(H,14,15)/t10-/m0/s1. The predicted molar refractivity (Wildman–Crippen MR) is 66.6 cm³/mol. The van der Waals surface area contributed by atoms with Crippen LogP contribution in [-0.4, -0.2) is 43.9 Å². The molecule has 0 unspecified atom stereocenters. The van der Waals surface area contributed by atoms with Gasteiger partial charge in [-0.15, -0.1) is 0 Å². The largest absolute Gasteiger partial charge is 0.480 e. The Hall–Kier alpha value is -1.44. The molecule has 0 aliphatic carbocycles. The van der Waals surface area contributed by atoms with Gasteiger partial charge in [-0.25, -0.2) is 12.7 Å². The molecule has 1 aromatic carbocycles. The minimum Gasteiger partial charge on any atom is -0.480 e. The lowest BCUT2D eigenvalue weighted by Crippen LogP contribution is -2.32. The van der Waals surface area contributed by atoms with E-state index in [0.717, 1.165) is 4.31 Å². The zero-order valence-electron chi connectivity index (χ0n) is 10.2. The molecule has 100 valence electrons.